The van der Waals surface area contributed by atoms with Crippen LogP contribution < -0.4 is 5.32 Å². The molecule has 4 rings (SSSR count). The first-order valence-electron chi connectivity index (χ1n) is 11.4. The van der Waals surface area contributed by atoms with Gasteiger partial charge in [0.2, 0.25) is 11.8 Å². The van der Waals surface area contributed by atoms with Crippen molar-refractivity contribution in [2.45, 2.75) is 50.9 Å². The summed E-state index contributed by atoms with van der Waals surface area (Å²) >= 11 is 0. The minimum Gasteiger partial charge on any atom is -0.343 e. The molecule has 1 aromatic heterocycles. The third-order valence-electron chi connectivity index (χ3n) is 6.20. The largest absolute Gasteiger partial charge is 0.343 e. The van der Waals surface area contributed by atoms with Crippen LogP contribution in [0.2, 0.25) is 0 Å². The number of nitrogens with zero attached hydrogens (tertiary/aromatic N) is 2. The van der Waals surface area contributed by atoms with Gasteiger partial charge in [-0.1, -0.05) is 61.5 Å². The molecule has 6 nitrogen and oxygen atoms in total. The number of carbonyl (C=O) groups excluding carboxylic acids is 2. The number of likely N-dealkylation sites (tertiary alicyclic amines) is 1. The quantitative estimate of drug-likeness (QED) is 0.551. The number of aromatic amines is 1. The van der Waals surface area contributed by atoms with Gasteiger partial charge >= 0.3 is 0 Å². The molecule has 1 fully saturated rings. The second kappa shape index (κ2) is 10.4. The van der Waals surface area contributed by atoms with Crippen LogP contribution in [0.3, 0.4) is 0 Å². The summed E-state index contributed by atoms with van der Waals surface area (Å²) in [6.45, 7) is 2.04. The lowest BCUT2D eigenvalue weighted by Crippen LogP contribution is -2.47. The number of hydrogen-bond donors (Lipinski definition) is 2. The minimum atomic E-state index is -1.21. The van der Waals surface area contributed by atoms with E-state index in [0.717, 1.165) is 23.1 Å². The van der Waals surface area contributed by atoms with Crippen LogP contribution in [0.1, 0.15) is 48.1 Å². The van der Waals surface area contributed by atoms with E-state index < -0.39 is 12.2 Å². The fraction of sp³-hybridized carbons (Fsp3) is 0.346. The Morgan fingerprint density at radius 3 is 2.52 bits per heavy atom. The number of carbonyl (C=O) groups is 2. The van der Waals surface area contributed by atoms with E-state index in [-0.39, 0.29) is 37.2 Å². The Labute approximate surface area is 193 Å². The van der Waals surface area contributed by atoms with Crippen molar-refractivity contribution in [1.82, 2.24) is 20.4 Å². The third kappa shape index (κ3) is 5.48. The van der Waals surface area contributed by atoms with Crippen molar-refractivity contribution in [3.63, 3.8) is 0 Å². The Morgan fingerprint density at radius 2 is 1.85 bits per heavy atom. The van der Waals surface area contributed by atoms with Crippen LogP contribution >= 0.6 is 0 Å². The fourth-order valence-corrected chi connectivity index (χ4v) is 4.31. The molecule has 1 saturated heterocycles. The first-order valence-corrected chi connectivity index (χ1v) is 11.4. The van der Waals surface area contributed by atoms with Crippen molar-refractivity contribution in [3.05, 3.63) is 89.2 Å². The second-order valence-electron chi connectivity index (χ2n) is 8.45. The minimum absolute atomic E-state index is 0.0135. The number of amides is 2. The maximum absolute atomic E-state index is 14.3. The van der Waals surface area contributed by atoms with Crippen molar-refractivity contribution in [3.8, 4) is 0 Å². The van der Waals surface area contributed by atoms with Gasteiger partial charge in [-0.05, 0) is 35.1 Å². The van der Waals surface area contributed by atoms with Gasteiger partial charge in [0.05, 0.1) is 18.8 Å². The number of rotatable bonds is 8. The molecule has 7 heteroatoms. The number of nitrogens with one attached hydrogen (secondary N) is 2. The highest BCUT2D eigenvalue weighted by Gasteiger charge is 2.40. The predicted octanol–water partition coefficient (Wildman–Crippen LogP) is 3.75. The molecular formula is C26H29FN4O2. The lowest BCUT2D eigenvalue weighted by atomic mass is 9.96. The molecule has 1 aliphatic heterocycles. The molecule has 0 spiro atoms. The van der Waals surface area contributed by atoms with Gasteiger partial charge in [-0.3, -0.25) is 14.7 Å². The Kier molecular flexibility index (Phi) is 7.17. The highest BCUT2D eigenvalue weighted by atomic mass is 19.1. The molecule has 172 valence electrons. The van der Waals surface area contributed by atoms with Gasteiger partial charge in [-0.25, -0.2) is 4.39 Å². The van der Waals surface area contributed by atoms with E-state index in [1.54, 1.807) is 12.4 Å². The first kappa shape index (κ1) is 22.7. The SMILES string of the molecule is CCc1ccc([C@@H](NC(=O)[C@@H]2C[C@@H](F)CN2C(=O)CCc2cn[nH]c2)c2ccccc2)cc1. The van der Waals surface area contributed by atoms with Crippen molar-refractivity contribution in [1.29, 1.82) is 0 Å². The van der Waals surface area contributed by atoms with Crippen molar-refractivity contribution < 1.29 is 14.0 Å². The summed E-state index contributed by atoms with van der Waals surface area (Å²) in [6.07, 6.45) is 3.82. The summed E-state index contributed by atoms with van der Waals surface area (Å²) in [5.74, 6) is -0.555. The molecule has 2 amide bonds. The number of benzene rings is 2. The standard InChI is InChI=1S/C26H29FN4O2/c1-2-18-8-11-21(12-9-18)25(20-6-4-3-5-7-20)30-26(33)23-14-22(27)17-31(23)24(32)13-10-19-15-28-29-16-19/h3-9,11-12,15-16,22-23,25H,2,10,13-14,17H2,1H3,(H,28,29)(H,30,33)/t22-,23+,25+/m1/s1. The molecule has 0 radical (unpaired) electrons. The van der Waals surface area contributed by atoms with Crippen LogP contribution in [-0.4, -0.2) is 45.7 Å². The lowest BCUT2D eigenvalue weighted by molar-refractivity contribution is -0.138. The zero-order valence-corrected chi connectivity index (χ0v) is 18.7. The molecule has 2 heterocycles. The van der Waals surface area contributed by atoms with Crippen LogP contribution in [-0.2, 0) is 22.4 Å². The van der Waals surface area contributed by atoms with E-state index in [2.05, 4.69) is 34.6 Å². The summed E-state index contributed by atoms with van der Waals surface area (Å²) in [7, 11) is 0. The van der Waals surface area contributed by atoms with Crippen molar-refractivity contribution >= 4 is 11.8 Å². The molecule has 0 saturated carbocycles. The van der Waals surface area contributed by atoms with E-state index >= 15 is 0 Å². The fourth-order valence-electron chi connectivity index (χ4n) is 4.31. The molecule has 2 aromatic carbocycles. The Morgan fingerprint density at radius 1 is 1.12 bits per heavy atom. The summed E-state index contributed by atoms with van der Waals surface area (Å²) in [5, 5.41) is 9.69. The zero-order chi connectivity index (χ0) is 23.2. The first-order chi connectivity index (χ1) is 16.0. The number of alkyl halides is 1. The van der Waals surface area contributed by atoms with Gasteiger partial charge in [0.1, 0.15) is 12.2 Å². The zero-order valence-electron chi connectivity index (χ0n) is 18.7. The Balaban J connectivity index is 1.51. The van der Waals surface area contributed by atoms with E-state index in [9.17, 15) is 14.0 Å². The molecule has 0 bridgehead atoms. The van der Waals surface area contributed by atoms with Crippen LogP contribution in [0, 0.1) is 0 Å². The van der Waals surface area contributed by atoms with Crippen LogP contribution in [0.15, 0.2) is 67.0 Å². The summed E-state index contributed by atoms with van der Waals surface area (Å²) in [5.41, 5.74) is 3.99. The number of aryl methyl sites for hydroxylation is 2. The van der Waals surface area contributed by atoms with Crippen LogP contribution in [0.5, 0.6) is 0 Å². The molecule has 3 aromatic rings. The van der Waals surface area contributed by atoms with Gasteiger partial charge in [0, 0.05) is 19.0 Å². The molecule has 3 atom stereocenters. The van der Waals surface area contributed by atoms with Gasteiger partial charge in [0.25, 0.3) is 0 Å². The Hall–Kier alpha value is -3.48. The van der Waals surface area contributed by atoms with Gasteiger partial charge < -0.3 is 10.2 Å². The molecule has 1 aliphatic rings. The smallest absolute Gasteiger partial charge is 0.243 e. The van der Waals surface area contributed by atoms with Crippen LogP contribution in [0.25, 0.3) is 0 Å². The van der Waals surface area contributed by atoms with Gasteiger partial charge in [-0.2, -0.15) is 5.10 Å². The van der Waals surface area contributed by atoms with Gasteiger partial charge in [0.15, 0.2) is 0 Å². The number of hydrogen-bond acceptors (Lipinski definition) is 3. The highest BCUT2D eigenvalue weighted by molar-refractivity contribution is 5.89. The van der Waals surface area contributed by atoms with Gasteiger partial charge in [-0.15, -0.1) is 0 Å². The average molecular weight is 449 g/mol. The van der Waals surface area contributed by atoms with E-state index in [1.807, 2.05) is 42.5 Å². The maximum atomic E-state index is 14.3. The normalized spacial score (nSPS) is 18.8. The summed E-state index contributed by atoms with van der Waals surface area (Å²) in [6, 6.07) is 16.6. The number of aromatic nitrogens is 2. The monoisotopic (exact) mass is 448 g/mol. The highest BCUT2D eigenvalue weighted by Crippen LogP contribution is 2.26. The molecule has 2 N–H and O–H groups in total. The van der Waals surface area contributed by atoms with Crippen molar-refractivity contribution in [2.24, 2.45) is 0 Å². The van der Waals surface area contributed by atoms with Crippen LogP contribution in [0.4, 0.5) is 4.39 Å². The van der Waals surface area contributed by atoms with Crippen molar-refractivity contribution in [2.75, 3.05) is 6.54 Å². The molecule has 33 heavy (non-hydrogen) atoms. The molecule has 0 unspecified atom stereocenters. The maximum Gasteiger partial charge on any atom is 0.243 e. The summed E-state index contributed by atoms with van der Waals surface area (Å²) in [4.78, 5) is 27.6. The molecular weight excluding hydrogens is 419 g/mol. The predicted molar refractivity (Wildman–Crippen MR) is 124 cm³/mol. The lowest BCUT2D eigenvalue weighted by Gasteiger charge is -2.27. The molecule has 0 aliphatic carbocycles. The summed E-state index contributed by atoms with van der Waals surface area (Å²) < 4.78 is 14.3. The third-order valence-corrected chi connectivity index (χ3v) is 6.20. The number of halogens is 1. The van der Waals surface area contributed by atoms with E-state index in [4.69, 9.17) is 0 Å². The second-order valence-corrected chi connectivity index (χ2v) is 8.45. The number of H-pyrrole nitrogens is 1. The van der Waals surface area contributed by atoms with E-state index in [0.29, 0.717) is 6.42 Å². The Bertz CT molecular complexity index is 1050. The van der Waals surface area contributed by atoms with E-state index in [1.165, 1.54) is 10.5 Å². The average Bonchev–Trinajstić information content (AvgIpc) is 3.51. The topological polar surface area (TPSA) is 78.1 Å².